The molecule has 0 amide bonds. The highest BCUT2D eigenvalue weighted by molar-refractivity contribution is 5.61. The molecule has 0 saturated carbocycles. The minimum Gasteiger partial charge on any atom is -0.367 e. The Morgan fingerprint density at radius 3 is 2.93 bits per heavy atom. The van der Waals surface area contributed by atoms with E-state index < -0.39 is 4.92 Å². The van der Waals surface area contributed by atoms with Crippen molar-refractivity contribution in [2.24, 2.45) is 0 Å². The van der Waals surface area contributed by atoms with E-state index in [1.54, 1.807) is 13.2 Å². The van der Waals surface area contributed by atoms with Crippen LogP contribution in [-0.2, 0) is 0 Å². The summed E-state index contributed by atoms with van der Waals surface area (Å²) in [6.07, 6.45) is 6.24. The summed E-state index contributed by atoms with van der Waals surface area (Å²) in [6.45, 7) is 2.00. The van der Waals surface area contributed by atoms with Crippen molar-refractivity contribution in [2.45, 2.75) is 13.3 Å². The van der Waals surface area contributed by atoms with Crippen molar-refractivity contribution < 1.29 is 4.92 Å². The lowest BCUT2D eigenvalue weighted by Crippen LogP contribution is -1.99. The molecular weight excluding hydrogens is 194 g/mol. The molecule has 1 N–H and O–H groups in total. The molecule has 1 heterocycles. The van der Waals surface area contributed by atoms with Gasteiger partial charge in [0, 0.05) is 19.3 Å². The zero-order chi connectivity index (χ0) is 11.3. The average Bonchev–Trinajstić information content (AvgIpc) is 2.25. The monoisotopic (exact) mass is 207 g/mol. The second kappa shape index (κ2) is 5.09. The molecule has 0 spiro atoms. The van der Waals surface area contributed by atoms with E-state index in [0.717, 1.165) is 12.0 Å². The normalized spacial score (nSPS) is 10.5. The molecule has 0 atom stereocenters. The van der Waals surface area contributed by atoms with Crippen molar-refractivity contribution in [3.05, 3.63) is 34.0 Å². The predicted molar refractivity (Wildman–Crippen MR) is 59.8 cm³/mol. The summed E-state index contributed by atoms with van der Waals surface area (Å²) in [6, 6.07) is 1.50. The van der Waals surface area contributed by atoms with Crippen LogP contribution >= 0.6 is 0 Å². The number of rotatable bonds is 4. The SMILES string of the molecule is CC/C=C/c1cnc(NC)c([N+](=O)[O-])c1. The van der Waals surface area contributed by atoms with Gasteiger partial charge in [0.1, 0.15) is 0 Å². The number of hydrogen-bond donors (Lipinski definition) is 1. The summed E-state index contributed by atoms with van der Waals surface area (Å²) in [5.74, 6) is 0.286. The van der Waals surface area contributed by atoms with Gasteiger partial charge in [0.25, 0.3) is 0 Å². The molecule has 5 heteroatoms. The van der Waals surface area contributed by atoms with Gasteiger partial charge in [0.05, 0.1) is 4.92 Å². The van der Waals surface area contributed by atoms with Crippen molar-refractivity contribution in [1.82, 2.24) is 4.98 Å². The Morgan fingerprint density at radius 2 is 2.40 bits per heavy atom. The molecule has 15 heavy (non-hydrogen) atoms. The lowest BCUT2D eigenvalue weighted by molar-refractivity contribution is -0.384. The molecule has 0 fully saturated rings. The van der Waals surface area contributed by atoms with Crippen LogP contribution in [0.15, 0.2) is 18.3 Å². The Kier molecular flexibility index (Phi) is 3.79. The van der Waals surface area contributed by atoms with Crippen molar-refractivity contribution >= 4 is 17.6 Å². The Bertz CT molecular complexity index is 388. The summed E-state index contributed by atoms with van der Waals surface area (Å²) in [5.41, 5.74) is 0.735. The van der Waals surface area contributed by atoms with Gasteiger partial charge in [-0.3, -0.25) is 10.1 Å². The van der Waals surface area contributed by atoms with Crippen LogP contribution in [0.2, 0.25) is 0 Å². The van der Waals surface area contributed by atoms with Gasteiger partial charge in [-0.1, -0.05) is 19.1 Å². The standard InChI is InChI=1S/C10H13N3O2/c1-3-4-5-8-6-9(13(14)15)10(11-2)12-7-8/h4-7H,3H2,1-2H3,(H,11,12)/b5-4+. The Hall–Kier alpha value is -1.91. The maximum Gasteiger partial charge on any atom is 0.311 e. The molecule has 0 aromatic carbocycles. The summed E-state index contributed by atoms with van der Waals surface area (Å²) < 4.78 is 0. The molecule has 5 nitrogen and oxygen atoms in total. The number of nitrogens with one attached hydrogen (secondary N) is 1. The third-order valence-corrected chi connectivity index (χ3v) is 1.87. The second-order valence-corrected chi connectivity index (χ2v) is 2.95. The Balaban J connectivity index is 3.10. The van der Waals surface area contributed by atoms with Gasteiger partial charge in [-0.15, -0.1) is 0 Å². The van der Waals surface area contributed by atoms with Gasteiger partial charge in [-0.25, -0.2) is 4.98 Å². The van der Waals surface area contributed by atoms with Crippen LogP contribution in [0.3, 0.4) is 0 Å². The molecule has 0 unspecified atom stereocenters. The lowest BCUT2D eigenvalue weighted by atomic mass is 10.2. The quantitative estimate of drug-likeness (QED) is 0.608. The number of pyridine rings is 1. The van der Waals surface area contributed by atoms with Gasteiger partial charge in [0.15, 0.2) is 0 Å². The van der Waals surface area contributed by atoms with Gasteiger partial charge < -0.3 is 5.32 Å². The Morgan fingerprint density at radius 1 is 1.67 bits per heavy atom. The van der Waals surface area contributed by atoms with E-state index >= 15 is 0 Å². The summed E-state index contributed by atoms with van der Waals surface area (Å²) >= 11 is 0. The third-order valence-electron chi connectivity index (χ3n) is 1.87. The van der Waals surface area contributed by atoms with Crippen molar-refractivity contribution in [3.63, 3.8) is 0 Å². The highest BCUT2D eigenvalue weighted by Gasteiger charge is 2.13. The molecular formula is C10H13N3O2. The van der Waals surface area contributed by atoms with E-state index in [0.29, 0.717) is 0 Å². The van der Waals surface area contributed by atoms with E-state index in [1.807, 2.05) is 19.1 Å². The zero-order valence-corrected chi connectivity index (χ0v) is 8.73. The largest absolute Gasteiger partial charge is 0.367 e. The van der Waals surface area contributed by atoms with Crippen molar-refractivity contribution in [3.8, 4) is 0 Å². The van der Waals surface area contributed by atoms with Gasteiger partial charge in [0.2, 0.25) is 5.82 Å². The van der Waals surface area contributed by atoms with E-state index in [4.69, 9.17) is 0 Å². The molecule has 0 aliphatic heterocycles. The first-order valence-electron chi connectivity index (χ1n) is 4.67. The van der Waals surface area contributed by atoms with Crippen LogP contribution in [0.4, 0.5) is 11.5 Å². The predicted octanol–water partition coefficient (Wildman–Crippen LogP) is 2.45. The number of anilines is 1. The summed E-state index contributed by atoms with van der Waals surface area (Å²) in [5, 5.41) is 13.4. The zero-order valence-electron chi connectivity index (χ0n) is 8.73. The highest BCUT2D eigenvalue weighted by Crippen LogP contribution is 2.22. The number of nitrogens with zero attached hydrogens (tertiary/aromatic N) is 2. The van der Waals surface area contributed by atoms with E-state index in [2.05, 4.69) is 10.3 Å². The van der Waals surface area contributed by atoms with Crippen LogP contribution in [0.25, 0.3) is 6.08 Å². The fourth-order valence-electron chi connectivity index (χ4n) is 1.15. The molecule has 0 bridgehead atoms. The molecule has 0 aliphatic carbocycles. The van der Waals surface area contributed by atoms with Crippen molar-refractivity contribution in [2.75, 3.05) is 12.4 Å². The summed E-state index contributed by atoms with van der Waals surface area (Å²) in [7, 11) is 1.61. The number of allylic oxidation sites excluding steroid dienone is 1. The second-order valence-electron chi connectivity index (χ2n) is 2.95. The highest BCUT2D eigenvalue weighted by atomic mass is 16.6. The molecule has 1 aromatic rings. The van der Waals surface area contributed by atoms with E-state index in [-0.39, 0.29) is 11.5 Å². The first-order chi connectivity index (χ1) is 7.19. The number of nitro groups is 1. The third kappa shape index (κ3) is 2.77. The van der Waals surface area contributed by atoms with Crippen LogP contribution in [0, 0.1) is 10.1 Å². The molecule has 1 aromatic heterocycles. The van der Waals surface area contributed by atoms with Crippen molar-refractivity contribution in [1.29, 1.82) is 0 Å². The van der Waals surface area contributed by atoms with Gasteiger partial charge in [-0.2, -0.15) is 0 Å². The fraction of sp³-hybridized carbons (Fsp3) is 0.300. The topological polar surface area (TPSA) is 68.1 Å². The van der Waals surface area contributed by atoms with E-state index in [9.17, 15) is 10.1 Å². The summed E-state index contributed by atoms with van der Waals surface area (Å²) in [4.78, 5) is 14.2. The molecule has 0 aliphatic rings. The molecule has 0 radical (unpaired) electrons. The first kappa shape index (κ1) is 11.2. The molecule has 1 rings (SSSR count). The Labute approximate surface area is 88.0 Å². The minimum absolute atomic E-state index is 0.00393. The number of hydrogen-bond acceptors (Lipinski definition) is 4. The maximum atomic E-state index is 10.7. The minimum atomic E-state index is -0.442. The van der Waals surface area contributed by atoms with E-state index in [1.165, 1.54) is 6.07 Å². The molecule has 80 valence electrons. The van der Waals surface area contributed by atoms with Crippen LogP contribution < -0.4 is 5.32 Å². The lowest BCUT2D eigenvalue weighted by Gasteiger charge is -2.01. The van der Waals surface area contributed by atoms with Crippen LogP contribution in [-0.4, -0.2) is 17.0 Å². The van der Waals surface area contributed by atoms with Crippen LogP contribution in [0.1, 0.15) is 18.9 Å². The fourth-order valence-corrected chi connectivity index (χ4v) is 1.15. The smallest absolute Gasteiger partial charge is 0.311 e. The van der Waals surface area contributed by atoms with Gasteiger partial charge in [-0.05, 0) is 12.0 Å². The number of aromatic nitrogens is 1. The first-order valence-corrected chi connectivity index (χ1v) is 4.67. The van der Waals surface area contributed by atoms with Gasteiger partial charge >= 0.3 is 5.69 Å². The van der Waals surface area contributed by atoms with Crippen LogP contribution in [0.5, 0.6) is 0 Å². The molecule has 0 saturated heterocycles. The average molecular weight is 207 g/mol. The maximum absolute atomic E-state index is 10.7.